The van der Waals surface area contributed by atoms with Gasteiger partial charge in [0.15, 0.2) is 5.78 Å². The smallest absolute Gasteiger partial charge is 0.226 e. The van der Waals surface area contributed by atoms with Gasteiger partial charge in [-0.25, -0.2) is 0 Å². The molecule has 2 fully saturated rings. The Bertz CT molecular complexity index is 1030. The molecule has 1 saturated heterocycles. The van der Waals surface area contributed by atoms with E-state index in [9.17, 15) is 14.4 Å². The number of rotatable bonds is 9. The molecule has 1 heterocycles. The zero-order chi connectivity index (χ0) is 24.8. The van der Waals surface area contributed by atoms with Gasteiger partial charge in [-0.2, -0.15) is 0 Å². The first kappa shape index (κ1) is 25.3. The second kappa shape index (κ2) is 11.8. The molecule has 1 N–H and O–H groups in total. The summed E-state index contributed by atoms with van der Waals surface area (Å²) >= 11 is 0. The van der Waals surface area contributed by atoms with Crippen LogP contribution < -0.4 is 5.32 Å². The first-order chi connectivity index (χ1) is 17.0. The van der Waals surface area contributed by atoms with Gasteiger partial charge < -0.3 is 10.2 Å². The molecule has 1 saturated carbocycles. The maximum Gasteiger partial charge on any atom is 0.226 e. The third-order valence-electron chi connectivity index (χ3n) is 7.98. The van der Waals surface area contributed by atoms with Crippen LogP contribution in [0.3, 0.4) is 0 Å². The Labute approximate surface area is 209 Å². The van der Waals surface area contributed by atoms with Gasteiger partial charge in [0.1, 0.15) is 5.78 Å². The van der Waals surface area contributed by atoms with Crippen molar-refractivity contribution in [2.45, 2.75) is 70.4 Å². The molecule has 186 valence electrons. The van der Waals surface area contributed by atoms with Crippen LogP contribution in [0, 0.1) is 11.8 Å². The highest BCUT2D eigenvalue weighted by atomic mass is 16.2. The normalized spacial score (nSPS) is 20.4. The van der Waals surface area contributed by atoms with E-state index in [4.69, 9.17) is 0 Å². The molecule has 4 rings (SSSR count). The predicted octanol–water partition coefficient (Wildman–Crippen LogP) is 5.34. The zero-order valence-electron chi connectivity index (χ0n) is 21.0. The van der Waals surface area contributed by atoms with E-state index in [0.717, 1.165) is 44.1 Å². The molecule has 1 amide bonds. The monoisotopic (exact) mass is 474 g/mol. The summed E-state index contributed by atoms with van der Waals surface area (Å²) in [5.74, 6) is 0.248. The lowest BCUT2D eigenvalue weighted by Gasteiger charge is -2.35. The van der Waals surface area contributed by atoms with Crippen LogP contribution in [0.25, 0.3) is 0 Å². The first-order valence-electron chi connectivity index (χ1n) is 13.2. The van der Waals surface area contributed by atoms with E-state index in [2.05, 4.69) is 5.32 Å². The molecule has 5 nitrogen and oxygen atoms in total. The number of hydrogen-bond acceptors (Lipinski definition) is 4. The van der Waals surface area contributed by atoms with Gasteiger partial charge in [0.2, 0.25) is 5.91 Å². The Balaban J connectivity index is 1.57. The van der Waals surface area contributed by atoms with Crippen molar-refractivity contribution in [2.75, 3.05) is 13.6 Å². The molecule has 0 bridgehead atoms. The van der Waals surface area contributed by atoms with E-state index < -0.39 is 0 Å². The molecule has 0 aromatic heterocycles. The number of nitrogens with one attached hydrogen (secondary N) is 1. The molecule has 3 atom stereocenters. The Morgan fingerprint density at radius 3 is 2.34 bits per heavy atom. The zero-order valence-corrected chi connectivity index (χ0v) is 21.0. The topological polar surface area (TPSA) is 66.5 Å². The molecule has 5 heteroatoms. The van der Waals surface area contributed by atoms with Crippen molar-refractivity contribution in [2.24, 2.45) is 11.8 Å². The number of carbonyl (C=O) groups excluding carboxylic acids is 3. The van der Waals surface area contributed by atoms with Gasteiger partial charge in [-0.1, -0.05) is 67.8 Å². The number of likely N-dealkylation sites (tertiary alicyclic amines) is 1. The first-order valence-corrected chi connectivity index (χ1v) is 13.2. The average Bonchev–Trinajstić information content (AvgIpc) is 3.41. The van der Waals surface area contributed by atoms with Crippen LogP contribution in [0.5, 0.6) is 0 Å². The van der Waals surface area contributed by atoms with Crippen LogP contribution >= 0.6 is 0 Å². The molecule has 2 aromatic rings. The van der Waals surface area contributed by atoms with Gasteiger partial charge in [0.05, 0.1) is 12.1 Å². The Kier molecular flexibility index (Phi) is 8.50. The van der Waals surface area contributed by atoms with Crippen molar-refractivity contribution < 1.29 is 14.4 Å². The summed E-state index contributed by atoms with van der Waals surface area (Å²) in [7, 11) is 1.79. The third-order valence-corrected chi connectivity index (χ3v) is 7.98. The molecule has 1 aliphatic carbocycles. The maximum absolute atomic E-state index is 14.0. The number of ketones is 2. The summed E-state index contributed by atoms with van der Waals surface area (Å²) in [5, 5.41) is 3.04. The molecule has 1 aliphatic heterocycles. The van der Waals surface area contributed by atoms with E-state index in [0.29, 0.717) is 24.1 Å². The predicted molar refractivity (Wildman–Crippen MR) is 138 cm³/mol. The van der Waals surface area contributed by atoms with Gasteiger partial charge in [-0.05, 0) is 57.2 Å². The maximum atomic E-state index is 14.0. The quantitative estimate of drug-likeness (QED) is 0.498. The van der Waals surface area contributed by atoms with E-state index in [-0.39, 0.29) is 41.4 Å². The Morgan fingerprint density at radius 2 is 1.63 bits per heavy atom. The molecule has 2 aromatic carbocycles. The summed E-state index contributed by atoms with van der Waals surface area (Å²) < 4.78 is 0. The molecule has 2 aliphatic rings. The summed E-state index contributed by atoms with van der Waals surface area (Å²) in [4.78, 5) is 41.9. The van der Waals surface area contributed by atoms with Crippen LogP contribution in [0.4, 0.5) is 0 Å². The fraction of sp³-hybridized carbons (Fsp3) is 0.500. The minimum Gasteiger partial charge on any atom is -0.335 e. The van der Waals surface area contributed by atoms with Crippen molar-refractivity contribution in [3.63, 3.8) is 0 Å². The van der Waals surface area contributed by atoms with Gasteiger partial charge in [-0.3, -0.25) is 14.4 Å². The van der Waals surface area contributed by atoms with E-state index in [1.165, 1.54) is 6.42 Å². The van der Waals surface area contributed by atoms with E-state index in [1.54, 1.807) is 7.05 Å². The molecule has 0 radical (unpaired) electrons. The van der Waals surface area contributed by atoms with E-state index >= 15 is 0 Å². The number of nitrogens with zero attached hydrogens (tertiary/aromatic N) is 1. The van der Waals surface area contributed by atoms with Crippen LogP contribution in [0.1, 0.15) is 85.8 Å². The van der Waals surface area contributed by atoms with Crippen LogP contribution in [0.2, 0.25) is 0 Å². The summed E-state index contributed by atoms with van der Waals surface area (Å²) in [6, 6.07) is 16.8. The Hall–Kier alpha value is -2.79. The van der Waals surface area contributed by atoms with Crippen LogP contribution in [0.15, 0.2) is 54.6 Å². The lowest BCUT2D eigenvalue weighted by Crippen LogP contribution is -2.42. The third kappa shape index (κ3) is 5.90. The molecule has 35 heavy (non-hydrogen) atoms. The van der Waals surface area contributed by atoms with Gasteiger partial charge in [0, 0.05) is 30.0 Å². The number of benzene rings is 2. The SMILES string of the molecule is CN[C@@H](C)C(=O)C[C@H](C(=O)N1CCC[C@H]1c1cccc(C(=O)c2ccccc2)c1)C1CCCCC1. The van der Waals surface area contributed by atoms with Crippen molar-refractivity contribution in [3.8, 4) is 0 Å². The van der Waals surface area contributed by atoms with Crippen molar-refractivity contribution >= 4 is 17.5 Å². The van der Waals surface area contributed by atoms with Gasteiger partial charge >= 0.3 is 0 Å². The minimum absolute atomic E-state index is 0.00458. The summed E-state index contributed by atoms with van der Waals surface area (Å²) in [6.45, 7) is 2.58. The molecular weight excluding hydrogens is 436 g/mol. The number of likely N-dealkylation sites (N-methyl/N-ethyl adjacent to an activating group) is 1. The Morgan fingerprint density at radius 1 is 0.914 bits per heavy atom. The number of amides is 1. The largest absolute Gasteiger partial charge is 0.335 e. The molecular formula is C30H38N2O3. The number of hydrogen-bond donors (Lipinski definition) is 1. The second-order valence-electron chi connectivity index (χ2n) is 10.2. The lowest BCUT2D eigenvalue weighted by molar-refractivity contribution is -0.141. The minimum atomic E-state index is -0.256. The summed E-state index contributed by atoms with van der Waals surface area (Å²) in [5.41, 5.74) is 2.32. The van der Waals surface area contributed by atoms with Gasteiger partial charge in [0.25, 0.3) is 0 Å². The van der Waals surface area contributed by atoms with Crippen LogP contribution in [-0.4, -0.2) is 42.0 Å². The number of Topliss-reactive ketones (excluding diaryl/α,β-unsaturated/α-hetero) is 1. The number of carbonyl (C=O) groups is 3. The van der Waals surface area contributed by atoms with Gasteiger partial charge in [-0.15, -0.1) is 0 Å². The van der Waals surface area contributed by atoms with Crippen molar-refractivity contribution in [3.05, 3.63) is 71.3 Å². The average molecular weight is 475 g/mol. The van der Waals surface area contributed by atoms with Crippen LogP contribution in [-0.2, 0) is 9.59 Å². The van der Waals surface area contributed by atoms with Crippen molar-refractivity contribution in [1.29, 1.82) is 0 Å². The summed E-state index contributed by atoms with van der Waals surface area (Å²) in [6.07, 6.45) is 7.66. The van der Waals surface area contributed by atoms with E-state index in [1.807, 2.05) is 66.4 Å². The molecule has 0 unspecified atom stereocenters. The standard InChI is InChI=1S/C30H38N2O3/c1-21(31-2)28(33)20-26(22-11-5-3-6-12-22)30(35)32-18-10-17-27(32)24-15-9-16-25(19-24)29(34)23-13-7-4-8-14-23/h4,7-9,13-16,19,21-22,26-27,31H,3,5-6,10-12,17-18,20H2,1-2H3/t21-,26-,27-/m0/s1. The molecule has 0 spiro atoms. The highest BCUT2D eigenvalue weighted by molar-refractivity contribution is 6.09. The fourth-order valence-corrected chi connectivity index (χ4v) is 5.78. The lowest BCUT2D eigenvalue weighted by atomic mass is 9.76. The highest BCUT2D eigenvalue weighted by Gasteiger charge is 2.39. The second-order valence-corrected chi connectivity index (χ2v) is 10.2. The highest BCUT2D eigenvalue weighted by Crippen LogP contribution is 2.38. The van der Waals surface area contributed by atoms with Crippen molar-refractivity contribution in [1.82, 2.24) is 10.2 Å². The fourth-order valence-electron chi connectivity index (χ4n) is 5.78.